The third-order valence-electron chi connectivity index (χ3n) is 5.06. The topological polar surface area (TPSA) is 107 Å². The quantitative estimate of drug-likeness (QED) is 0.519. The largest absolute Gasteiger partial charge is 0.497 e. The Balaban J connectivity index is 1.55. The summed E-state index contributed by atoms with van der Waals surface area (Å²) in [4.78, 5) is 12.9. The van der Waals surface area contributed by atoms with Crippen LogP contribution in [0.4, 0.5) is 5.69 Å². The maximum absolute atomic E-state index is 12.9. The smallest absolute Gasteiger partial charge is 0.235 e. The molecule has 0 spiro atoms. The van der Waals surface area contributed by atoms with E-state index in [1.54, 1.807) is 49.6 Å². The molecule has 11 heteroatoms. The molecule has 0 saturated carbocycles. The molecule has 1 saturated heterocycles. The van der Waals surface area contributed by atoms with Gasteiger partial charge in [-0.3, -0.25) is 9.10 Å². The van der Waals surface area contributed by atoms with Gasteiger partial charge in [-0.05, 0) is 65.2 Å². The van der Waals surface area contributed by atoms with Crippen LogP contribution >= 0.6 is 11.6 Å². The maximum atomic E-state index is 12.9. The molecule has 2 heterocycles. The van der Waals surface area contributed by atoms with E-state index in [0.717, 1.165) is 6.42 Å². The molecule has 0 N–H and O–H groups in total. The third kappa shape index (κ3) is 4.40. The van der Waals surface area contributed by atoms with Gasteiger partial charge < -0.3 is 4.74 Å². The van der Waals surface area contributed by atoms with E-state index < -0.39 is 10.0 Å². The first-order valence-corrected chi connectivity index (χ1v) is 11.6. The van der Waals surface area contributed by atoms with Crippen molar-refractivity contribution < 1.29 is 17.9 Å². The molecule has 0 aliphatic carbocycles. The number of tetrazole rings is 1. The Morgan fingerprint density at radius 3 is 2.55 bits per heavy atom. The average molecular weight is 462 g/mol. The molecule has 1 aliphatic heterocycles. The van der Waals surface area contributed by atoms with Gasteiger partial charge in [0.05, 0.1) is 24.2 Å². The lowest BCUT2D eigenvalue weighted by Gasteiger charge is -2.28. The minimum atomic E-state index is -3.34. The molecule has 0 bridgehead atoms. The first-order valence-electron chi connectivity index (χ1n) is 9.64. The highest BCUT2D eigenvalue weighted by Crippen LogP contribution is 2.29. The van der Waals surface area contributed by atoms with Gasteiger partial charge in [-0.1, -0.05) is 17.7 Å². The third-order valence-corrected chi connectivity index (χ3v) is 7.28. The van der Waals surface area contributed by atoms with Crippen LogP contribution in [0.15, 0.2) is 42.5 Å². The fourth-order valence-corrected chi connectivity index (χ4v) is 5.30. The van der Waals surface area contributed by atoms with Crippen molar-refractivity contribution in [3.05, 3.63) is 58.9 Å². The molecular weight excluding hydrogens is 442 g/mol. The second-order valence-electron chi connectivity index (χ2n) is 7.08. The number of halogens is 1. The second kappa shape index (κ2) is 8.64. The monoisotopic (exact) mass is 461 g/mol. The van der Waals surface area contributed by atoms with Crippen molar-refractivity contribution in [3.8, 4) is 11.4 Å². The summed E-state index contributed by atoms with van der Waals surface area (Å²) in [5.74, 6) is 0.552. The van der Waals surface area contributed by atoms with Crippen molar-refractivity contribution in [2.75, 3.05) is 23.7 Å². The molecule has 162 valence electrons. The Hall–Kier alpha value is -2.98. The number of ether oxygens (including phenoxy) is 1. The fourth-order valence-electron chi connectivity index (χ4n) is 3.42. The standard InChI is InChI=1S/C20H20ClN5O4S/c1-30-17-8-6-15(7-9-17)26-20(22-23-24-26)19(27)12-14-4-5-16(13-18(14)21)25-10-2-3-11-31(25,28)29/h4-9,13H,2-3,10-12H2,1H3. The highest BCUT2D eigenvalue weighted by Gasteiger charge is 2.27. The van der Waals surface area contributed by atoms with Gasteiger partial charge in [0.1, 0.15) is 5.75 Å². The number of hydrogen-bond donors (Lipinski definition) is 0. The number of rotatable bonds is 6. The summed E-state index contributed by atoms with van der Waals surface area (Å²) < 4.78 is 32.5. The molecule has 1 aliphatic rings. The number of anilines is 1. The van der Waals surface area contributed by atoms with Crippen LogP contribution in [0.5, 0.6) is 5.75 Å². The lowest BCUT2D eigenvalue weighted by atomic mass is 10.1. The number of carbonyl (C=O) groups excluding carboxylic acids is 1. The molecule has 1 fully saturated rings. The van der Waals surface area contributed by atoms with Crippen molar-refractivity contribution in [2.45, 2.75) is 19.3 Å². The van der Waals surface area contributed by atoms with Gasteiger partial charge in [-0.2, -0.15) is 4.68 Å². The average Bonchev–Trinajstić information content (AvgIpc) is 3.25. The molecule has 0 unspecified atom stereocenters. The lowest BCUT2D eigenvalue weighted by Crippen LogP contribution is -2.37. The summed E-state index contributed by atoms with van der Waals surface area (Å²) >= 11 is 6.39. The van der Waals surface area contributed by atoms with E-state index in [1.165, 1.54) is 8.99 Å². The number of aromatic nitrogens is 4. The number of nitrogens with zero attached hydrogens (tertiary/aromatic N) is 5. The maximum Gasteiger partial charge on any atom is 0.235 e. The van der Waals surface area contributed by atoms with Crippen molar-refractivity contribution in [2.24, 2.45) is 0 Å². The summed E-state index contributed by atoms with van der Waals surface area (Å²) in [7, 11) is -1.77. The number of benzene rings is 2. The molecule has 0 amide bonds. The minimum absolute atomic E-state index is 0.0254. The zero-order chi connectivity index (χ0) is 22.0. The number of sulfonamides is 1. The van der Waals surface area contributed by atoms with Crippen molar-refractivity contribution in [1.82, 2.24) is 20.2 Å². The number of hydrogen-bond acceptors (Lipinski definition) is 7. The van der Waals surface area contributed by atoms with E-state index in [4.69, 9.17) is 16.3 Å². The van der Waals surface area contributed by atoms with Gasteiger partial charge >= 0.3 is 0 Å². The van der Waals surface area contributed by atoms with Crippen molar-refractivity contribution in [3.63, 3.8) is 0 Å². The van der Waals surface area contributed by atoms with Gasteiger partial charge in [-0.15, -0.1) is 5.10 Å². The van der Waals surface area contributed by atoms with Crippen LogP contribution < -0.4 is 9.04 Å². The van der Waals surface area contributed by atoms with Gasteiger partial charge in [0.25, 0.3) is 0 Å². The highest BCUT2D eigenvalue weighted by atomic mass is 35.5. The molecule has 0 atom stereocenters. The Morgan fingerprint density at radius 1 is 1.13 bits per heavy atom. The van der Waals surface area contributed by atoms with Crippen LogP contribution in [0.25, 0.3) is 5.69 Å². The number of methoxy groups -OCH3 is 1. The van der Waals surface area contributed by atoms with Crippen LogP contribution in [0, 0.1) is 0 Å². The minimum Gasteiger partial charge on any atom is -0.497 e. The van der Waals surface area contributed by atoms with Gasteiger partial charge in [0.2, 0.25) is 21.6 Å². The summed E-state index contributed by atoms with van der Waals surface area (Å²) in [5.41, 5.74) is 1.68. The number of carbonyl (C=O) groups is 1. The fraction of sp³-hybridized carbons (Fsp3) is 0.300. The Kier molecular flexibility index (Phi) is 5.92. The van der Waals surface area contributed by atoms with Gasteiger partial charge in [0.15, 0.2) is 0 Å². The van der Waals surface area contributed by atoms with Crippen LogP contribution in [-0.4, -0.2) is 53.8 Å². The van der Waals surface area contributed by atoms with E-state index in [0.29, 0.717) is 40.7 Å². The van der Waals surface area contributed by atoms with Crippen LogP contribution in [0.2, 0.25) is 5.02 Å². The zero-order valence-corrected chi connectivity index (χ0v) is 18.3. The lowest BCUT2D eigenvalue weighted by molar-refractivity contribution is 0.0980. The van der Waals surface area contributed by atoms with Crippen LogP contribution in [-0.2, 0) is 16.4 Å². The summed E-state index contributed by atoms with van der Waals surface area (Å²) in [6.45, 7) is 0.424. The van der Waals surface area contributed by atoms with Crippen molar-refractivity contribution >= 4 is 33.1 Å². The Labute approximate surface area is 184 Å². The Bertz CT molecular complexity index is 1210. The molecule has 1 aromatic heterocycles. The number of ketones is 1. The predicted octanol–water partition coefficient (Wildman–Crippen LogP) is 2.68. The van der Waals surface area contributed by atoms with Gasteiger partial charge in [0, 0.05) is 18.0 Å². The van der Waals surface area contributed by atoms with E-state index in [-0.39, 0.29) is 23.8 Å². The van der Waals surface area contributed by atoms with Gasteiger partial charge in [-0.25, -0.2) is 8.42 Å². The molecule has 0 radical (unpaired) electrons. The normalized spacial score (nSPS) is 15.6. The molecule has 31 heavy (non-hydrogen) atoms. The first-order chi connectivity index (χ1) is 14.9. The molecule has 4 rings (SSSR count). The van der Waals surface area contributed by atoms with E-state index >= 15 is 0 Å². The van der Waals surface area contributed by atoms with Crippen molar-refractivity contribution in [1.29, 1.82) is 0 Å². The van der Waals surface area contributed by atoms with E-state index in [1.807, 2.05) is 0 Å². The highest BCUT2D eigenvalue weighted by molar-refractivity contribution is 7.92. The summed E-state index contributed by atoms with van der Waals surface area (Å²) in [6, 6.07) is 11.9. The van der Waals surface area contributed by atoms with E-state index in [2.05, 4.69) is 15.5 Å². The molecule has 2 aromatic carbocycles. The zero-order valence-electron chi connectivity index (χ0n) is 16.7. The van der Waals surface area contributed by atoms with Crippen LogP contribution in [0.1, 0.15) is 29.0 Å². The second-order valence-corrected chi connectivity index (χ2v) is 9.50. The number of Topliss-reactive ketones (excluding diaryl/α,β-unsaturated/α-hetero) is 1. The summed E-state index contributed by atoms with van der Waals surface area (Å²) in [5, 5.41) is 11.7. The summed E-state index contributed by atoms with van der Waals surface area (Å²) in [6.07, 6.45) is 1.43. The predicted molar refractivity (Wildman–Crippen MR) is 116 cm³/mol. The molecular formula is C20H20ClN5O4S. The molecule has 9 nitrogen and oxygen atoms in total. The molecule has 3 aromatic rings. The SMILES string of the molecule is COc1ccc(-n2nnnc2C(=O)Cc2ccc(N3CCCCS3(=O)=O)cc2Cl)cc1. The van der Waals surface area contributed by atoms with E-state index in [9.17, 15) is 13.2 Å². The first kappa shape index (κ1) is 21.3. The van der Waals surface area contributed by atoms with Crippen LogP contribution in [0.3, 0.4) is 0 Å². The Morgan fingerprint density at radius 2 is 1.87 bits per heavy atom.